The van der Waals surface area contributed by atoms with E-state index in [1.807, 2.05) is 0 Å². The molecule has 0 spiro atoms. The van der Waals surface area contributed by atoms with Gasteiger partial charge in [-0.3, -0.25) is 4.90 Å². The maximum Gasteiger partial charge on any atom is 0.0192 e. The number of hydrogen-bond acceptors (Lipinski definition) is 3. The van der Waals surface area contributed by atoms with Crippen molar-refractivity contribution in [2.45, 2.75) is 58.2 Å². The highest BCUT2D eigenvalue weighted by Gasteiger charge is 2.24. The van der Waals surface area contributed by atoms with Gasteiger partial charge in [0, 0.05) is 24.2 Å². The number of rotatable bonds is 4. The van der Waals surface area contributed by atoms with Crippen LogP contribution in [0.25, 0.3) is 0 Å². The first-order valence-electron chi connectivity index (χ1n) is 6.95. The number of hydrogen-bond donors (Lipinski definition) is 1. The van der Waals surface area contributed by atoms with E-state index < -0.39 is 0 Å². The quantitative estimate of drug-likeness (QED) is 0.809. The molecule has 0 aromatic heterocycles. The minimum absolute atomic E-state index is 0.232. The third kappa shape index (κ3) is 5.36. The highest BCUT2D eigenvalue weighted by atomic mass is 15.2. The molecule has 0 amide bonds. The molecule has 1 fully saturated rings. The van der Waals surface area contributed by atoms with Crippen LogP contribution in [-0.4, -0.2) is 61.2 Å². The van der Waals surface area contributed by atoms with Crippen LogP contribution in [0.5, 0.6) is 0 Å². The highest BCUT2D eigenvalue weighted by Crippen LogP contribution is 2.16. The fourth-order valence-corrected chi connectivity index (χ4v) is 2.43. The predicted molar refractivity (Wildman–Crippen MR) is 75.5 cm³/mol. The number of nitrogens with one attached hydrogen (secondary N) is 1. The average molecular weight is 241 g/mol. The van der Waals surface area contributed by atoms with Gasteiger partial charge in [-0.25, -0.2) is 0 Å². The van der Waals surface area contributed by atoms with Gasteiger partial charge in [0.05, 0.1) is 0 Å². The smallest absolute Gasteiger partial charge is 0.0192 e. The molecule has 0 aliphatic carbocycles. The van der Waals surface area contributed by atoms with Crippen LogP contribution in [0.2, 0.25) is 0 Å². The minimum Gasteiger partial charge on any atom is -0.311 e. The second-order valence-electron chi connectivity index (χ2n) is 6.71. The molecular formula is C14H31N3. The van der Waals surface area contributed by atoms with Crippen LogP contribution in [0.3, 0.4) is 0 Å². The first kappa shape index (κ1) is 14.9. The predicted octanol–water partition coefficient (Wildman–Crippen LogP) is 1.79. The van der Waals surface area contributed by atoms with E-state index in [4.69, 9.17) is 0 Å². The lowest BCUT2D eigenvalue weighted by atomic mass is 10.0. The molecule has 3 nitrogen and oxygen atoms in total. The van der Waals surface area contributed by atoms with Crippen LogP contribution in [0.4, 0.5) is 0 Å². The van der Waals surface area contributed by atoms with Crippen molar-refractivity contribution in [2.24, 2.45) is 0 Å². The molecule has 0 saturated carbocycles. The van der Waals surface area contributed by atoms with E-state index in [2.05, 4.69) is 56.9 Å². The molecule has 1 saturated heterocycles. The van der Waals surface area contributed by atoms with Crippen LogP contribution in [-0.2, 0) is 0 Å². The van der Waals surface area contributed by atoms with Gasteiger partial charge in [0.25, 0.3) is 0 Å². The van der Waals surface area contributed by atoms with Crippen molar-refractivity contribution in [3.8, 4) is 0 Å². The molecule has 1 aliphatic heterocycles. The molecule has 0 bridgehead atoms. The highest BCUT2D eigenvalue weighted by molar-refractivity contribution is 4.82. The molecule has 1 unspecified atom stereocenters. The number of piperidine rings is 1. The zero-order valence-electron chi connectivity index (χ0n) is 12.6. The van der Waals surface area contributed by atoms with Crippen molar-refractivity contribution in [1.82, 2.24) is 15.1 Å². The molecule has 0 aromatic carbocycles. The summed E-state index contributed by atoms with van der Waals surface area (Å²) in [6.45, 7) is 12.6. The molecule has 1 heterocycles. The summed E-state index contributed by atoms with van der Waals surface area (Å²) in [4.78, 5) is 4.99. The number of likely N-dealkylation sites (tertiary alicyclic amines) is 1. The van der Waals surface area contributed by atoms with Gasteiger partial charge in [-0.1, -0.05) is 0 Å². The Labute approximate surface area is 108 Å². The van der Waals surface area contributed by atoms with E-state index in [0.29, 0.717) is 6.04 Å². The summed E-state index contributed by atoms with van der Waals surface area (Å²) >= 11 is 0. The molecule has 102 valence electrons. The van der Waals surface area contributed by atoms with Crippen molar-refractivity contribution in [3.05, 3.63) is 0 Å². The first-order valence-corrected chi connectivity index (χ1v) is 6.95. The Morgan fingerprint density at radius 2 is 1.76 bits per heavy atom. The zero-order chi connectivity index (χ0) is 13.1. The first-order chi connectivity index (χ1) is 7.79. The summed E-state index contributed by atoms with van der Waals surface area (Å²) in [5.41, 5.74) is 0.232. The molecule has 17 heavy (non-hydrogen) atoms. The number of nitrogens with zero attached hydrogens (tertiary/aromatic N) is 2. The molecule has 1 atom stereocenters. The van der Waals surface area contributed by atoms with E-state index in [1.165, 1.54) is 25.9 Å². The van der Waals surface area contributed by atoms with Gasteiger partial charge < -0.3 is 10.2 Å². The van der Waals surface area contributed by atoms with Gasteiger partial charge in [-0.05, 0) is 67.7 Å². The zero-order valence-corrected chi connectivity index (χ0v) is 12.6. The summed E-state index contributed by atoms with van der Waals surface area (Å²) in [7, 11) is 4.40. The van der Waals surface area contributed by atoms with Crippen molar-refractivity contribution in [2.75, 3.05) is 33.7 Å². The molecule has 1 aliphatic rings. The topological polar surface area (TPSA) is 18.5 Å². The lowest BCUT2D eigenvalue weighted by Gasteiger charge is -2.39. The monoisotopic (exact) mass is 241 g/mol. The third-order valence-corrected chi connectivity index (χ3v) is 3.78. The molecule has 0 radical (unpaired) electrons. The van der Waals surface area contributed by atoms with E-state index in [9.17, 15) is 0 Å². The molecule has 0 aromatic rings. The van der Waals surface area contributed by atoms with Gasteiger partial charge in [0.15, 0.2) is 0 Å². The summed E-state index contributed by atoms with van der Waals surface area (Å²) in [6.07, 6.45) is 2.62. The molecule has 3 heteroatoms. The summed E-state index contributed by atoms with van der Waals surface area (Å²) in [6, 6.07) is 1.44. The van der Waals surface area contributed by atoms with Crippen molar-refractivity contribution >= 4 is 0 Å². The Morgan fingerprint density at radius 1 is 1.24 bits per heavy atom. The second kappa shape index (κ2) is 6.17. The largest absolute Gasteiger partial charge is 0.311 e. The fraction of sp³-hybridized carbons (Fsp3) is 1.00. The van der Waals surface area contributed by atoms with Crippen molar-refractivity contribution < 1.29 is 0 Å². The minimum atomic E-state index is 0.232. The van der Waals surface area contributed by atoms with E-state index in [0.717, 1.165) is 12.6 Å². The van der Waals surface area contributed by atoms with E-state index >= 15 is 0 Å². The lowest BCUT2D eigenvalue weighted by Crippen LogP contribution is -2.50. The van der Waals surface area contributed by atoms with Crippen LogP contribution in [0, 0.1) is 0 Å². The maximum atomic E-state index is 3.60. The van der Waals surface area contributed by atoms with Crippen molar-refractivity contribution in [1.29, 1.82) is 0 Å². The third-order valence-electron chi connectivity index (χ3n) is 3.78. The average Bonchev–Trinajstić information content (AvgIpc) is 2.25. The van der Waals surface area contributed by atoms with Gasteiger partial charge in [-0.2, -0.15) is 0 Å². The molecule has 1 rings (SSSR count). The standard InChI is InChI=1S/C14H31N3/c1-12(11-15-14(2,3)4)17-9-7-13(8-10-17)16(5)6/h12-13,15H,7-11H2,1-6H3. The second-order valence-corrected chi connectivity index (χ2v) is 6.71. The van der Waals surface area contributed by atoms with Gasteiger partial charge in [0.1, 0.15) is 0 Å². The van der Waals surface area contributed by atoms with Crippen LogP contribution in [0.1, 0.15) is 40.5 Å². The Bertz CT molecular complexity index is 212. The normalized spacial score (nSPS) is 22.1. The fourth-order valence-electron chi connectivity index (χ4n) is 2.43. The SMILES string of the molecule is CC(CNC(C)(C)C)N1CCC(N(C)C)CC1. The summed E-state index contributed by atoms with van der Waals surface area (Å²) in [5, 5.41) is 3.60. The lowest BCUT2D eigenvalue weighted by molar-refractivity contribution is 0.111. The Morgan fingerprint density at radius 3 is 2.18 bits per heavy atom. The maximum absolute atomic E-state index is 3.60. The van der Waals surface area contributed by atoms with Crippen LogP contribution in [0.15, 0.2) is 0 Å². The van der Waals surface area contributed by atoms with Gasteiger partial charge >= 0.3 is 0 Å². The molecular weight excluding hydrogens is 210 g/mol. The summed E-state index contributed by atoms with van der Waals surface area (Å²) in [5.74, 6) is 0. The van der Waals surface area contributed by atoms with E-state index in [1.54, 1.807) is 0 Å². The van der Waals surface area contributed by atoms with E-state index in [-0.39, 0.29) is 5.54 Å². The Hall–Kier alpha value is -0.120. The Balaban J connectivity index is 2.28. The van der Waals surface area contributed by atoms with Crippen molar-refractivity contribution in [3.63, 3.8) is 0 Å². The van der Waals surface area contributed by atoms with Gasteiger partial charge in [-0.15, -0.1) is 0 Å². The van der Waals surface area contributed by atoms with Crippen LogP contribution >= 0.6 is 0 Å². The molecule has 1 N–H and O–H groups in total. The van der Waals surface area contributed by atoms with Gasteiger partial charge in [0.2, 0.25) is 0 Å². The Kier molecular flexibility index (Phi) is 5.42. The van der Waals surface area contributed by atoms with Crippen LogP contribution < -0.4 is 5.32 Å². The summed E-state index contributed by atoms with van der Waals surface area (Å²) < 4.78 is 0.